The first-order valence-electron chi connectivity index (χ1n) is 9.22. The molecular weight excluding hydrogens is 327 g/mol. The molecule has 0 aromatic heterocycles. The van der Waals surface area contributed by atoms with Gasteiger partial charge in [-0.1, -0.05) is 98.7 Å². The Balaban J connectivity index is -0.0000000740. The molecule has 0 aliphatic heterocycles. The molecule has 0 heterocycles. The summed E-state index contributed by atoms with van der Waals surface area (Å²) >= 11 is 0. The van der Waals surface area contributed by atoms with E-state index in [4.69, 9.17) is 9.63 Å². The van der Waals surface area contributed by atoms with Gasteiger partial charge in [-0.2, -0.15) is 0 Å². The molecule has 1 aromatic rings. The summed E-state index contributed by atoms with van der Waals surface area (Å²) in [5.41, 5.74) is 0. The van der Waals surface area contributed by atoms with Crippen molar-refractivity contribution in [2.75, 3.05) is 0 Å². The second kappa shape index (κ2) is 43.3. The zero-order chi connectivity index (χ0) is 20.9. The van der Waals surface area contributed by atoms with Crippen LogP contribution in [0.15, 0.2) is 67.0 Å². The van der Waals surface area contributed by atoms with Gasteiger partial charge >= 0.3 is 0 Å². The maximum Gasteiger partial charge on any atom is 0.118 e. The number of phenols is 1. The van der Waals surface area contributed by atoms with Crippen LogP contribution in [0.3, 0.4) is 0 Å². The van der Waals surface area contributed by atoms with Crippen LogP contribution in [0.1, 0.15) is 68.7 Å². The highest BCUT2D eigenvalue weighted by atomic mass is 31.0. The Bertz CT molecular complexity index is 358. The SMILES string of the molecule is C=C/C=C\C(=C/C)OP.CC.CC.CC.CCC.Oc1ccccc1. The first-order chi connectivity index (χ1) is 12.2. The van der Waals surface area contributed by atoms with Crippen molar-refractivity contribution in [3.05, 3.63) is 67.0 Å². The zero-order valence-electron chi connectivity index (χ0n) is 18.0. The summed E-state index contributed by atoms with van der Waals surface area (Å²) in [6.45, 7) is 21.7. The number of hydrogen-bond donors (Lipinski definition) is 1. The largest absolute Gasteiger partial charge is 0.508 e. The van der Waals surface area contributed by atoms with Crippen molar-refractivity contribution in [2.24, 2.45) is 0 Å². The Morgan fingerprint density at radius 1 is 1.04 bits per heavy atom. The maximum absolute atomic E-state index is 8.63. The van der Waals surface area contributed by atoms with Crippen LogP contribution in [0.2, 0.25) is 0 Å². The van der Waals surface area contributed by atoms with E-state index in [2.05, 4.69) is 29.9 Å². The molecule has 25 heavy (non-hydrogen) atoms. The van der Waals surface area contributed by atoms with Crippen LogP contribution in [0, 0.1) is 0 Å². The van der Waals surface area contributed by atoms with Crippen LogP contribution < -0.4 is 0 Å². The molecule has 0 bridgehead atoms. The minimum absolute atomic E-state index is 0.322. The molecule has 0 spiro atoms. The Hall–Kier alpha value is -1.53. The van der Waals surface area contributed by atoms with E-state index in [1.165, 1.54) is 6.42 Å². The topological polar surface area (TPSA) is 29.5 Å². The number of hydrogen-bond acceptors (Lipinski definition) is 2. The minimum Gasteiger partial charge on any atom is -0.508 e. The van der Waals surface area contributed by atoms with Gasteiger partial charge in [0.25, 0.3) is 0 Å². The number of rotatable bonds is 3. The average Bonchev–Trinajstić information content (AvgIpc) is 2.69. The summed E-state index contributed by atoms with van der Waals surface area (Å²) in [6.07, 6.45) is 8.47. The van der Waals surface area contributed by atoms with E-state index in [9.17, 15) is 0 Å². The monoisotopic (exact) mass is 370 g/mol. The molecule has 0 fully saturated rings. The predicted octanol–water partition coefficient (Wildman–Crippen LogP) is 8.33. The minimum atomic E-state index is 0.322. The summed E-state index contributed by atoms with van der Waals surface area (Å²) < 4.78 is 4.84. The fourth-order valence-electron chi connectivity index (χ4n) is 0.794. The quantitative estimate of drug-likeness (QED) is 0.329. The van der Waals surface area contributed by atoms with Gasteiger partial charge in [-0.25, -0.2) is 0 Å². The second-order valence-corrected chi connectivity index (χ2v) is 3.68. The highest BCUT2D eigenvalue weighted by molar-refractivity contribution is 7.10. The van der Waals surface area contributed by atoms with Crippen LogP contribution in [0.4, 0.5) is 0 Å². The fourth-order valence-corrected chi connectivity index (χ4v) is 1.01. The summed E-state index contributed by atoms with van der Waals surface area (Å²) in [7, 11) is 2.18. The average molecular weight is 371 g/mol. The molecule has 0 aliphatic rings. The van der Waals surface area contributed by atoms with Gasteiger partial charge in [0.05, 0.1) is 9.47 Å². The van der Waals surface area contributed by atoms with Crippen LogP contribution >= 0.6 is 9.47 Å². The van der Waals surface area contributed by atoms with Crippen LogP contribution in [0.5, 0.6) is 5.75 Å². The maximum atomic E-state index is 8.63. The summed E-state index contributed by atoms with van der Waals surface area (Å²) in [4.78, 5) is 0. The molecule has 1 aromatic carbocycles. The molecular formula is C22H43O2P. The Labute approximate surface area is 161 Å². The van der Waals surface area contributed by atoms with E-state index in [1.807, 2.05) is 72.8 Å². The highest BCUT2D eigenvalue weighted by Crippen LogP contribution is 2.03. The smallest absolute Gasteiger partial charge is 0.118 e. The first kappa shape index (κ1) is 34.7. The number of para-hydroxylation sites is 1. The van der Waals surface area contributed by atoms with E-state index < -0.39 is 0 Å². The third kappa shape index (κ3) is 45.0. The first-order valence-corrected chi connectivity index (χ1v) is 9.69. The molecule has 148 valence electrons. The van der Waals surface area contributed by atoms with Gasteiger partial charge in [-0.05, 0) is 31.2 Å². The number of aromatic hydroxyl groups is 1. The normalized spacial score (nSPS) is 8.16. The molecule has 1 unspecified atom stereocenters. The van der Waals surface area contributed by atoms with Gasteiger partial charge in [0.2, 0.25) is 0 Å². The van der Waals surface area contributed by atoms with Crippen molar-refractivity contribution in [1.29, 1.82) is 0 Å². The van der Waals surface area contributed by atoms with Gasteiger partial charge in [-0.3, -0.25) is 0 Å². The fraction of sp³-hybridized carbons (Fsp3) is 0.455. The van der Waals surface area contributed by atoms with E-state index >= 15 is 0 Å². The van der Waals surface area contributed by atoms with Gasteiger partial charge in [0.1, 0.15) is 11.5 Å². The van der Waals surface area contributed by atoms with Crippen molar-refractivity contribution >= 4 is 9.47 Å². The molecule has 1 rings (SSSR count). The van der Waals surface area contributed by atoms with E-state index in [0.29, 0.717) is 5.75 Å². The molecule has 0 amide bonds. The van der Waals surface area contributed by atoms with Gasteiger partial charge < -0.3 is 9.63 Å². The summed E-state index contributed by atoms with van der Waals surface area (Å²) in [6, 6.07) is 8.71. The van der Waals surface area contributed by atoms with Crippen LogP contribution in [0.25, 0.3) is 0 Å². The van der Waals surface area contributed by atoms with Crippen molar-refractivity contribution in [2.45, 2.75) is 68.7 Å². The summed E-state index contributed by atoms with van der Waals surface area (Å²) in [5.74, 6) is 1.14. The lowest BCUT2D eigenvalue weighted by molar-refractivity contribution is 0.475. The lowest BCUT2D eigenvalue weighted by Gasteiger charge is -1.94. The molecule has 1 N–H and O–H groups in total. The summed E-state index contributed by atoms with van der Waals surface area (Å²) in [5, 5.41) is 8.63. The van der Waals surface area contributed by atoms with E-state index in [0.717, 1.165) is 5.76 Å². The Kier molecular flexibility index (Phi) is 60.1. The number of benzene rings is 1. The molecule has 0 aliphatic carbocycles. The molecule has 1 atom stereocenters. The Morgan fingerprint density at radius 3 is 1.64 bits per heavy atom. The number of phenolic OH excluding ortho intramolecular Hbond substituents is 1. The lowest BCUT2D eigenvalue weighted by Crippen LogP contribution is -1.71. The van der Waals surface area contributed by atoms with E-state index in [1.54, 1.807) is 30.3 Å². The van der Waals surface area contributed by atoms with Crippen LogP contribution in [-0.2, 0) is 4.52 Å². The predicted molar refractivity (Wildman–Crippen MR) is 122 cm³/mol. The molecule has 3 heteroatoms. The number of allylic oxidation sites excluding steroid dienone is 4. The van der Waals surface area contributed by atoms with Gasteiger partial charge in [-0.15, -0.1) is 0 Å². The molecule has 0 saturated carbocycles. The second-order valence-electron chi connectivity index (χ2n) is 3.45. The lowest BCUT2D eigenvalue weighted by atomic mass is 10.3. The van der Waals surface area contributed by atoms with Crippen molar-refractivity contribution in [3.8, 4) is 5.75 Å². The van der Waals surface area contributed by atoms with Gasteiger partial charge in [0, 0.05) is 0 Å². The highest BCUT2D eigenvalue weighted by Gasteiger charge is 1.80. The standard InChI is InChI=1S/C7H11OP.C6H6O.C3H8.3C2H6/c1-3-5-6-7(4-2)8-9;7-6-4-2-1-3-5-6;1-3-2;3*1-2/h3-6H,1,9H2,2H3;1-5,7H;3H2,1-2H3;3*1-2H3/b6-5-,7-4+;;;;;. The molecule has 0 saturated heterocycles. The van der Waals surface area contributed by atoms with Crippen molar-refractivity contribution in [1.82, 2.24) is 0 Å². The zero-order valence-corrected chi connectivity index (χ0v) is 19.2. The van der Waals surface area contributed by atoms with Crippen LogP contribution in [-0.4, -0.2) is 5.11 Å². The van der Waals surface area contributed by atoms with Crippen molar-refractivity contribution in [3.63, 3.8) is 0 Å². The van der Waals surface area contributed by atoms with Crippen molar-refractivity contribution < 1.29 is 9.63 Å². The van der Waals surface area contributed by atoms with Gasteiger partial charge in [0.15, 0.2) is 0 Å². The third-order valence-corrected chi connectivity index (χ3v) is 1.85. The van der Waals surface area contributed by atoms with E-state index in [-0.39, 0.29) is 0 Å². The Morgan fingerprint density at radius 2 is 1.44 bits per heavy atom. The molecule has 0 radical (unpaired) electrons. The molecule has 2 nitrogen and oxygen atoms in total. The third-order valence-electron chi connectivity index (χ3n) is 1.57.